The van der Waals surface area contributed by atoms with Crippen LogP contribution in [0.4, 0.5) is 42.8 Å². The molecule has 0 saturated carbocycles. The molecule has 0 saturated heterocycles. The second-order valence-corrected chi connectivity index (χ2v) is 7.34. The van der Waals surface area contributed by atoms with Gasteiger partial charge in [-0.25, -0.2) is 18.2 Å². The third-order valence-electron chi connectivity index (χ3n) is 4.15. The first kappa shape index (κ1) is 24.0. The van der Waals surface area contributed by atoms with Crippen molar-refractivity contribution >= 4 is 45.7 Å². The van der Waals surface area contributed by atoms with E-state index in [0.717, 1.165) is 53.5 Å². The number of anilines is 3. The molecule has 0 bridgehead atoms. The van der Waals surface area contributed by atoms with Crippen LogP contribution < -0.4 is 10.2 Å². The minimum absolute atomic E-state index is 0.0474. The van der Waals surface area contributed by atoms with E-state index in [0.29, 0.717) is 6.07 Å². The smallest absolute Gasteiger partial charge is 0.320 e. The van der Waals surface area contributed by atoms with Gasteiger partial charge in [0.25, 0.3) is 0 Å². The predicted octanol–water partition coefficient (Wildman–Crippen LogP) is 5.92. The molecule has 0 aliphatic carbocycles. The molecule has 0 fully saturated rings. The van der Waals surface area contributed by atoms with Crippen LogP contribution in [0.2, 0.25) is 0 Å². The molecule has 3 rings (SSSR count). The van der Waals surface area contributed by atoms with Crippen LogP contribution in [0.3, 0.4) is 0 Å². The van der Waals surface area contributed by atoms with Gasteiger partial charge in [-0.1, -0.05) is 6.07 Å². The van der Waals surface area contributed by atoms with Crippen molar-refractivity contribution in [2.45, 2.75) is 13.1 Å². The zero-order valence-corrected chi connectivity index (χ0v) is 17.4. The van der Waals surface area contributed by atoms with Crippen molar-refractivity contribution in [1.82, 2.24) is 4.98 Å². The summed E-state index contributed by atoms with van der Waals surface area (Å²) in [6.07, 6.45) is -2.48. The van der Waals surface area contributed by atoms with Crippen molar-refractivity contribution in [3.63, 3.8) is 0 Å². The Morgan fingerprint density at radius 2 is 1.82 bits per heavy atom. The highest BCUT2D eigenvalue weighted by Gasteiger charge is 2.31. The lowest BCUT2D eigenvalue weighted by Crippen LogP contribution is -2.23. The van der Waals surface area contributed by atoms with Gasteiger partial charge >= 0.3 is 6.18 Å². The summed E-state index contributed by atoms with van der Waals surface area (Å²) in [6, 6.07) is 5.64. The maximum atomic E-state index is 13.6. The van der Waals surface area contributed by atoms with E-state index in [9.17, 15) is 35.9 Å². The molecule has 0 aliphatic heterocycles. The lowest BCUT2D eigenvalue weighted by atomic mass is 10.2. The third kappa shape index (κ3) is 5.58. The molecule has 1 N–H and O–H groups in total. The Balaban J connectivity index is 1.79. The first-order chi connectivity index (χ1) is 15.5. The SMILES string of the molecule is CC(=O)N(c1cccc(C(F)(F)F)c1)c1nc(/C=C/C(=O)Nc2ccc(F)c(F)c2F)cs1. The summed E-state index contributed by atoms with van der Waals surface area (Å²) < 4.78 is 78.9. The van der Waals surface area contributed by atoms with Gasteiger partial charge in [0.2, 0.25) is 11.8 Å². The Bertz CT molecular complexity index is 1240. The maximum absolute atomic E-state index is 13.6. The molecule has 0 radical (unpaired) electrons. The van der Waals surface area contributed by atoms with Crippen LogP contribution in [0.15, 0.2) is 47.9 Å². The average molecular weight is 485 g/mol. The zero-order valence-electron chi connectivity index (χ0n) is 16.6. The van der Waals surface area contributed by atoms with Crippen molar-refractivity contribution in [1.29, 1.82) is 0 Å². The zero-order chi connectivity index (χ0) is 24.3. The highest BCUT2D eigenvalue weighted by atomic mass is 32.1. The second-order valence-electron chi connectivity index (χ2n) is 6.50. The van der Waals surface area contributed by atoms with Crippen LogP contribution in [0.1, 0.15) is 18.2 Å². The predicted molar refractivity (Wildman–Crippen MR) is 110 cm³/mol. The summed E-state index contributed by atoms with van der Waals surface area (Å²) in [5, 5.41) is 3.52. The molecular weight excluding hydrogens is 472 g/mol. The number of rotatable bonds is 5. The number of thiazole rings is 1. The summed E-state index contributed by atoms with van der Waals surface area (Å²) >= 11 is 0.934. The standard InChI is InChI=1S/C21H13F6N3O2S/c1-11(31)30(14-4-2-3-12(9-14)21(25,26)27)20-28-13(10-33-20)5-8-17(32)29-16-7-6-15(22)18(23)19(16)24/h2-10H,1H3,(H,29,32)/b8-5+. The quantitative estimate of drug-likeness (QED) is 0.278. The van der Waals surface area contributed by atoms with E-state index in [4.69, 9.17) is 0 Å². The number of benzene rings is 2. The second kappa shape index (κ2) is 9.45. The number of carbonyl (C=O) groups is 2. The molecule has 5 nitrogen and oxygen atoms in total. The first-order valence-corrected chi connectivity index (χ1v) is 9.91. The van der Waals surface area contributed by atoms with Gasteiger partial charge in [-0.05, 0) is 36.4 Å². The number of aromatic nitrogens is 1. The van der Waals surface area contributed by atoms with E-state index in [2.05, 4.69) is 4.98 Å². The molecule has 0 atom stereocenters. The monoisotopic (exact) mass is 485 g/mol. The van der Waals surface area contributed by atoms with Crippen LogP contribution in [0, 0.1) is 17.5 Å². The van der Waals surface area contributed by atoms with Crippen LogP contribution in [0.25, 0.3) is 6.08 Å². The van der Waals surface area contributed by atoms with Gasteiger partial charge in [-0.3, -0.25) is 14.5 Å². The van der Waals surface area contributed by atoms with E-state index in [1.807, 2.05) is 5.32 Å². The summed E-state index contributed by atoms with van der Waals surface area (Å²) in [6.45, 7) is 1.15. The molecule has 1 aromatic heterocycles. The molecule has 0 unspecified atom stereocenters. The van der Waals surface area contributed by atoms with Gasteiger partial charge in [0, 0.05) is 18.4 Å². The molecule has 0 aliphatic rings. The number of alkyl halides is 3. The number of amides is 2. The number of nitrogens with zero attached hydrogens (tertiary/aromatic N) is 2. The summed E-state index contributed by atoms with van der Waals surface area (Å²) in [5.41, 5.74) is -1.39. The fourth-order valence-electron chi connectivity index (χ4n) is 2.66. The van der Waals surface area contributed by atoms with Gasteiger partial charge in [0.05, 0.1) is 22.6 Å². The largest absolute Gasteiger partial charge is 0.416 e. The average Bonchev–Trinajstić information content (AvgIpc) is 3.20. The van der Waals surface area contributed by atoms with E-state index in [-0.39, 0.29) is 16.5 Å². The Hall–Kier alpha value is -3.67. The van der Waals surface area contributed by atoms with E-state index >= 15 is 0 Å². The molecule has 2 aromatic carbocycles. The van der Waals surface area contributed by atoms with Crippen molar-refractivity contribution in [2.75, 3.05) is 10.2 Å². The number of carbonyl (C=O) groups excluding carboxylic acids is 2. The molecule has 1 heterocycles. The normalized spacial score (nSPS) is 11.6. The van der Waals surface area contributed by atoms with E-state index < -0.39 is 46.7 Å². The lowest BCUT2D eigenvalue weighted by molar-refractivity contribution is -0.137. The molecule has 3 aromatic rings. The van der Waals surface area contributed by atoms with Gasteiger partial charge in [0.1, 0.15) is 0 Å². The lowest BCUT2D eigenvalue weighted by Gasteiger charge is -2.19. The van der Waals surface area contributed by atoms with Crippen LogP contribution in [-0.2, 0) is 15.8 Å². The first-order valence-electron chi connectivity index (χ1n) is 9.03. The topological polar surface area (TPSA) is 62.3 Å². The van der Waals surface area contributed by atoms with Gasteiger partial charge in [-0.15, -0.1) is 11.3 Å². The van der Waals surface area contributed by atoms with Crippen LogP contribution in [0.5, 0.6) is 0 Å². The third-order valence-corrected chi connectivity index (χ3v) is 4.99. The summed E-state index contributed by atoms with van der Waals surface area (Å²) in [4.78, 5) is 29.2. The van der Waals surface area contributed by atoms with Crippen molar-refractivity contribution in [3.8, 4) is 0 Å². The van der Waals surface area contributed by atoms with Crippen molar-refractivity contribution < 1.29 is 35.9 Å². The molecule has 2 amide bonds. The molecular formula is C21H13F6N3O2S. The highest BCUT2D eigenvalue weighted by molar-refractivity contribution is 7.14. The van der Waals surface area contributed by atoms with Gasteiger partial charge < -0.3 is 5.32 Å². The van der Waals surface area contributed by atoms with Gasteiger partial charge in [-0.2, -0.15) is 13.2 Å². The molecule has 33 heavy (non-hydrogen) atoms. The fourth-order valence-corrected chi connectivity index (χ4v) is 3.52. The molecule has 172 valence electrons. The fraction of sp³-hybridized carbons (Fsp3) is 0.0952. The summed E-state index contributed by atoms with van der Waals surface area (Å²) in [5.74, 6) is -6.18. The Morgan fingerprint density at radius 1 is 1.09 bits per heavy atom. The number of halogens is 6. The van der Waals surface area contributed by atoms with Crippen LogP contribution >= 0.6 is 11.3 Å². The minimum Gasteiger partial charge on any atom is -0.320 e. The maximum Gasteiger partial charge on any atom is 0.416 e. The van der Waals surface area contributed by atoms with Gasteiger partial charge in [0.15, 0.2) is 22.6 Å². The van der Waals surface area contributed by atoms with E-state index in [1.165, 1.54) is 17.5 Å². The molecule has 0 spiro atoms. The number of hydrogen-bond acceptors (Lipinski definition) is 4. The molecule has 12 heteroatoms. The number of hydrogen-bond donors (Lipinski definition) is 1. The Kier molecular flexibility index (Phi) is 6.86. The summed E-state index contributed by atoms with van der Waals surface area (Å²) in [7, 11) is 0. The highest BCUT2D eigenvalue weighted by Crippen LogP contribution is 2.35. The Morgan fingerprint density at radius 3 is 2.48 bits per heavy atom. The van der Waals surface area contributed by atoms with Crippen molar-refractivity contribution in [2.24, 2.45) is 0 Å². The van der Waals surface area contributed by atoms with E-state index in [1.54, 1.807) is 0 Å². The van der Waals surface area contributed by atoms with Crippen molar-refractivity contribution in [3.05, 3.63) is 76.6 Å². The van der Waals surface area contributed by atoms with Crippen LogP contribution in [-0.4, -0.2) is 16.8 Å². The number of nitrogens with one attached hydrogen (secondary N) is 1. The minimum atomic E-state index is -4.60. The Labute approximate surface area is 187 Å².